The van der Waals surface area contributed by atoms with E-state index in [1.165, 1.54) is 31.0 Å². The molecule has 0 radical (unpaired) electrons. The first-order valence-corrected chi connectivity index (χ1v) is 9.15. The minimum Gasteiger partial charge on any atom is -0.465 e. The Morgan fingerprint density at radius 3 is 2.50 bits per heavy atom. The second kappa shape index (κ2) is 9.11. The van der Waals surface area contributed by atoms with Gasteiger partial charge in [-0.3, -0.25) is 14.7 Å². The fraction of sp³-hybridized carbons (Fsp3) is 0.333. The molecule has 2 aromatic rings. The Kier molecular flexibility index (Phi) is 6.35. The van der Waals surface area contributed by atoms with Crippen molar-refractivity contribution in [3.63, 3.8) is 0 Å². The molecule has 1 fully saturated rings. The lowest BCUT2D eigenvalue weighted by Gasteiger charge is -2.32. The summed E-state index contributed by atoms with van der Waals surface area (Å²) < 4.78 is 4.62. The van der Waals surface area contributed by atoms with Crippen molar-refractivity contribution in [2.24, 2.45) is 0 Å². The second-order valence-electron chi connectivity index (χ2n) is 6.76. The van der Waals surface area contributed by atoms with Gasteiger partial charge in [0.1, 0.15) is 5.69 Å². The van der Waals surface area contributed by atoms with Gasteiger partial charge in [-0.2, -0.15) is 5.26 Å². The average molecular weight is 378 g/mol. The van der Waals surface area contributed by atoms with Crippen molar-refractivity contribution in [1.82, 2.24) is 15.2 Å². The van der Waals surface area contributed by atoms with Crippen molar-refractivity contribution in [3.05, 3.63) is 65.0 Å². The number of methoxy groups -OCH3 is 1. The third-order valence-corrected chi connectivity index (χ3v) is 4.83. The van der Waals surface area contributed by atoms with Crippen molar-refractivity contribution in [2.45, 2.75) is 25.4 Å². The number of hydrogen-bond acceptors (Lipinski definition) is 6. The van der Waals surface area contributed by atoms with E-state index in [-0.39, 0.29) is 17.6 Å². The van der Waals surface area contributed by atoms with E-state index in [0.717, 1.165) is 32.5 Å². The second-order valence-corrected chi connectivity index (χ2v) is 6.76. The summed E-state index contributed by atoms with van der Waals surface area (Å²) >= 11 is 0. The lowest BCUT2D eigenvalue weighted by atomic mass is 10.0. The number of nitrogens with zero attached hydrogens (tertiary/aromatic N) is 3. The summed E-state index contributed by atoms with van der Waals surface area (Å²) in [7, 11) is 1.30. The van der Waals surface area contributed by atoms with Crippen LogP contribution >= 0.6 is 0 Å². The summed E-state index contributed by atoms with van der Waals surface area (Å²) in [5, 5.41) is 11.9. The Morgan fingerprint density at radius 2 is 1.93 bits per heavy atom. The molecule has 1 N–H and O–H groups in total. The van der Waals surface area contributed by atoms with Gasteiger partial charge in [0, 0.05) is 31.9 Å². The number of nitriles is 1. The number of amides is 1. The Labute approximate surface area is 163 Å². The largest absolute Gasteiger partial charge is 0.465 e. The molecule has 2 heterocycles. The lowest BCUT2D eigenvalue weighted by Crippen LogP contribution is -2.44. The number of pyridine rings is 1. The zero-order valence-corrected chi connectivity index (χ0v) is 15.7. The van der Waals surface area contributed by atoms with Gasteiger partial charge in [-0.15, -0.1) is 0 Å². The number of rotatable bonds is 5. The van der Waals surface area contributed by atoms with E-state index in [2.05, 4.69) is 26.0 Å². The molecule has 1 aliphatic heterocycles. The van der Waals surface area contributed by atoms with Crippen molar-refractivity contribution < 1.29 is 14.3 Å². The van der Waals surface area contributed by atoms with Crippen LogP contribution < -0.4 is 5.32 Å². The zero-order valence-electron chi connectivity index (χ0n) is 15.7. The van der Waals surface area contributed by atoms with Crippen LogP contribution in [-0.4, -0.2) is 48.0 Å². The predicted octanol–water partition coefficient (Wildman–Crippen LogP) is 2.13. The number of benzene rings is 1. The van der Waals surface area contributed by atoms with Crippen LogP contribution in [0.2, 0.25) is 0 Å². The van der Waals surface area contributed by atoms with Crippen LogP contribution in [0, 0.1) is 11.3 Å². The van der Waals surface area contributed by atoms with Crippen LogP contribution in [0.15, 0.2) is 42.6 Å². The van der Waals surface area contributed by atoms with Crippen LogP contribution in [0.5, 0.6) is 0 Å². The molecular weight excluding hydrogens is 356 g/mol. The number of ether oxygens (including phenoxy) is 1. The van der Waals surface area contributed by atoms with E-state index in [1.54, 1.807) is 0 Å². The molecule has 7 nitrogen and oxygen atoms in total. The number of hydrogen-bond donors (Lipinski definition) is 1. The summed E-state index contributed by atoms with van der Waals surface area (Å²) in [6.45, 7) is 2.61. The minimum atomic E-state index is -0.478. The number of carbonyl (C=O) groups is 2. The van der Waals surface area contributed by atoms with Gasteiger partial charge in [-0.05, 0) is 42.7 Å². The molecule has 0 saturated carbocycles. The number of nitrogens with one attached hydrogen (secondary N) is 1. The van der Waals surface area contributed by atoms with Crippen LogP contribution in [0.4, 0.5) is 0 Å². The smallest absolute Gasteiger partial charge is 0.339 e. The number of piperidine rings is 1. The van der Waals surface area contributed by atoms with Crippen LogP contribution in [0.25, 0.3) is 0 Å². The van der Waals surface area contributed by atoms with Gasteiger partial charge in [0.25, 0.3) is 5.91 Å². The Balaban J connectivity index is 1.47. The van der Waals surface area contributed by atoms with E-state index in [0.29, 0.717) is 11.1 Å². The van der Waals surface area contributed by atoms with Gasteiger partial charge in [-0.1, -0.05) is 12.1 Å². The quantitative estimate of drug-likeness (QED) is 0.801. The maximum atomic E-state index is 12.4. The first-order chi connectivity index (χ1) is 13.6. The molecule has 1 aromatic heterocycles. The van der Waals surface area contributed by atoms with E-state index in [9.17, 15) is 9.59 Å². The molecule has 3 rings (SSSR count). The number of aromatic nitrogens is 1. The number of likely N-dealkylation sites (tertiary alicyclic amines) is 1. The summed E-state index contributed by atoms with van der Waals surface area (Å²) in [5.41, 5.74) is 2.44. The predicted molar refractivity (Wildman–Crippen MR) is 102 cm³/mol. The monoisotopic (exact) mass is 378 g/mol. The Bertz CT molecular complexity index is 864. The molecular formula is C21H22N4O3. The number of esters is 1. The molecule has 144 valence electrons. The highest BCUT2D eigenvalue weighted by atomic mass is 16.5. The molecule has 7 heteroatoms. The first-order valence-electron chi connectivity index (χ1n) is 9.15. The van der Waals surface area contributed by atoms with Gasteiger partial charge in [0.15, 0.2) is 0 Å². The van der Waals surface area contributed by atoms with Crippen molar-refractivity contribution in [2.75, 3.05) is 20.2 Å². The standard InChI is InChI=1S/C21H22N4O3/c1-28-21(27)17-6-7-19(23-13-17)20(26)24-18-8-10-25(11-9-18)14-16-4-2-15(12-22)3-5-16/h2-7,13,18H,8-11,14H2,1H3,(H,24,26). The third kappa shape index (κ3) is 4.93. The SMILES string of the molecule is COC(=O)c1ccc(C(=O)NC2CCN(Cc3ccc(C#N)cc3)CC2)nc1. The van der Waals surface area contributed by atoms with Gasteiger partial charge < -0.3 is 10.1 Å². The van der Waals surface area contributed by atoms with E-state index in [4.69, 9.17) is 5.26 Å². The van der Waals surface area contributed by atoms with Crippen molar-refractivity contribution >= 4 is 11.9 Å². The topological polar surface area (TPSA) is 95.3 Å². The van der Waals surface area contributed by atoms with Crippen molar-refractivity contribution in [1.29, 1.82) is 5.26 Å². The minimum absolute atomic E-state index is 0.104. The van der Waals surface area contributed by atoms with E-state index >= 15 is 0 Å². The molecule has 1 amide bonds. The normalized spacial score (nSPS) is 14.9. The number of carbonyl (C=O) groups excluding carboxylic acids is 2. The van der Waals surface area contributed by atoms with Gasteiger partial charge >= 0.3 is 5.97 Å². The van der Waals surface area contributed by atoms with Gasteiger partial charge in [0.05, 0.1) is 24.3 Å². The third-order valence-electron chi connectivity index (χ3n) is 4.83. The molecule has 28 heavy (non-hydrogen) atoms. The molecule has 0 spiro atoms. The van der Waals surface area contributed by atoms with Gasteiger partial charge in [-0.25, -0.2) is 4.79 Å². The molecule has 0 bridgehead atoms. The molecule has 1 aliphatic rings. The van der Waals surface area contributed by atoms with Gasteiger partial charge in [0.2, 0.25) is 0 Å². The molecule has 1 aromatic carbocycles. The maximum absolute atomic E-state index is 12.4. The molecule has 1 saturated heterocycles. The summed E-state index contributed by atoms with van der Waals surface area (Å²) in [6.07, 6.45) is 3.07. The fourth-order valence-electron chi connectivity index (χ4n) is 3.20. The Morgan fingerprint density at radius 1 is 1.21 bits per heavy atom. The summed E-state index contributed by atoms with van der Waals surface area (Å²) in [4.78, 5) is 30.2. The highest BCUT2D eigenvalue weighted by Crippen LogP contribution is 2.15. The lowest BCUT2D eigenvalue weighted by molar-refractivity contribution is 0.0599. The van der Waals surface area contributed by atoms with E-state index < -0.39 is 5.97 Å². The molecule has 0 aliphatic carbocycles. The Hall–Kier alpha value is -3.24. The molecule has 0 unspecified atom stereocenters. The zero-order chi connectivity index (χ0) is 19.9. The molecule has 0 atom stereocenters. The maximum Gasteiger partial charge on any atom is 0.339 e. The van der Waals surface area contributed by atoms with Crippen LogP contribution in [0.3, 0.4) is 0 Å². The van der Waals surface area contributed by atoms with E-state index in [1.807, 2.05) is 24.3 Å². The summed E-state index contributed by atoms with van der Waals surface area (Å²) in [5.74, 6) is -0.712. The average Bonchev–Trinajstić information content (AvgIpc) is 2.75. The first kappa shape index (κ1) is 19.5. The highest BCUT2D eigenvalue weighted by molar-refractivity contribution is 5.94. The fourth-order valence-corrected chi connectivity index (χ4v) is 3.20. The van der Waals surface area contributed by atoms with Crippen LogP contribution in [0.1, 0.15) is 44.8 Å². The van der Waals surface area contributed by atoms with Crippen LogP contribution in [-0.2, 0) is 11.3 Å². The highest BCUT2D eigenvalue weighted by Gasteiger charge is 2.22. The summed E-state index contributed by atoms with van der Waals surface area (Å²) in [6, 6.07) is 12.9. The van der Waals surface area contributed by atoms with Crippen molar-refractivity contribution in [3.8, 4) is 6.07 Å².